The summed E-state index contributed by atoms with van der Waals surface area (Å²) in [5.41, 5.74) is 9.23. The van der Waals surface area contributed by atoms with Crippen LogP contribution in [0.2, 0.25) is 0 Å². The van der Waals surface area contributed by atoms with E-state index in [1.807, 2.05) is 10.9 Å². The van der Waals surface area contributed by atoms with Gasteiger partial charge in [0.2, 0.25) is 0 Å². The summed E-state index contributed by atoms with van der Waals surface area (Å²) in [7, 11) is 0. The van der Waals surface area contributed by atoms with Crippen LogP contribution in [0.3, 0.4) is 0 Å². The van der Waals surface area contributed by atoms with Crippen LogP contribution in [0.1, 0.15) is 23.1 Å². The maximum atomic E-state index is 5.88. The number of hydrogen-bond acceptors (Lipinski definition) is 3. The SMILES string of the molecule is Cc1cc(C)c(OCCCn2ccc(N)n2)c(C)c1. The molecular weight excluding hydrogens is 238 g/mol. The van der Waals surface area contributed by atoms with Crippen molar-refractivity contribution in [2.24, 2.45) is 0 Å². The molecule has 1 aromatic carbocycles. The molecule has 0 bridgehead atoms. The molecular formula is C15H21N3O. The Labute approximate surface area is 114 Å². The molecule has 2 N–H and O–H groups in total. The predicted octanol–water partition coefficient (Wildman–Crippen LogP) is 2.86. The lowest BCUT2D eigenvalue weighted by Crippen LogP contribution is -2.06. The summed E-state index contributed by atoms with van der Waals surface area (Å²) in [6.07, 6.45) is 2.80. The maximum absolute atomic E-state index is 5.88. The lowest BCUT2D eigenvalue weighted by molar-refractivity contribution is 0.295. The van der Waals surface area contributed by atoms with Crippen LogP contribution in [0.5, 0.6) is 5.75 Å². The third kappa shape index (κ3) is 3.50. The Hall–Kier alpha value is -1.97. The van der Waals surface area contributed by atoms with Crippen LogP contribution < -0.4 is 10.5 Å². The van der Waals surface area contributed by atoms with Crippen LogP contribution >= 0.6 is 0 Å². The quantitative estimate of drug-likeness (QED) is 0.840. The third-order valence-electron chi connectivity index (χ3n) is 3.04. The lowest BCUT2D eigenvalue weighted by atomic mass is 10.1. The average Bonchev–Trinajstić information content (AvgIpc) is 2.73. The Morgan fingerprint density at radius 1 is 1.21 bits per heavy atom. The van der Waals surface area contributed by atoms with E-state index in [0.29, 0.717) is 12.4 Å². The standard InChI is InChI=1S/C15H21N3O/c1-11-9-12(2)15(13(3)10-11)19-8-4-6-18-7-5-14(16)17-18/h5,7,9-10H,4,6,8H2,1-3H3,(H2,16,17). The highest BCUT2D eigenvalue weighted by molar-refractivity contribution is 5.42. The number of nitrogens with two attached hydrogens (primary N) is 1. The van der Waals surface area contributed by atoms with E-state index in [-0.39, 0.29) is 0 Å². The van der Waals surface area contributed by atoms with Gasteiger partial charge in [-0.1, -0.05) is 17.7 Å². The van der Waals surface area contributed by atoms with Gasteiger partial charge < -0.3 is 10.5 Å². The Bertz CT molecular complexity index is 537. The van der Waals surface area contributed by atoms with E-state index < -0.39 is 0 Å². The molecule has 2 rings (SSSR count). The second-order valence-electron chi connectivity index (χ2n) is 4.93. The first-order valence-electron chi connectivity index (χ1n) is 6.56. The largest absolute Gasteiger partial charge is 0.493 e. The van der Waals surface area contributed by atoms with Gasteiger partial charge in [-0.25, -0.2) is 0 Å². The molecule has 4 heteroatoms. The number of rotatable bonds is 5. The lowest BCUT2D eigenvalue weighted by Gasteiger charge is -2.13. The molecule has 0 saturated carbocycles. The number of hydrogen-bond donors (Lipinski definition) is 1. The van der Waals surface area contributed by atoms with Gasteiger partial charge in [-0.15, -0.1) is 0 Å². The van der Waals surface area contributed by atoms with E-state index in [1.54, 1.807) is 6.07 Å². The highest BCUT2D eigenvalue weighted by Gasteiger charge is 2.04. The molecule has 102 valence electrons. The van der Waals surface area contributed by atoms with Crippen molar-refractivity contribution >= 4 is 5.82 Å². The topological polar surface area (TPSA) is 53.1 Å². The summed E-state index contributed by atoms with van der Waals surface area (Å²) < 4.78 is 7.72. The molecule has 0 radical (unpaired) electrons. The van der Waals surface area contributed by atoms with Crippen molar-refractivity contribution < 1.29 is 4.74 Å². The third-order valence-corrected chi connectivity index (χ3v) is 3.04. The number of benzene rings is 1. The zero-order valence-electron chi connectivity index (χ0n) is 11.8. The van der Waals surface area contributed by atoms with E-state index in [2.05, 4.69) is 38.0 Å². The average molecular weight is 259 g/mol. The summed E-state index contributed by atoms with van der Waals surface area (Å²) in [6.45, 7) is 7.78. The van der Waals surface area contributed by atoms with Gasteiger partial charge in [0, 0.05) is 19.2 Å². The molecule has 1 heterocycles. The van der Waals surface area contributed by atoms with Gasteiger partial charge >= 0.3 is 0 Å². The molecule has 0 unspecified atom stereocenters. The van der Waals surface area contributed by atoms with Crippen LogP contribution in [0, 0.1) is 20.8 Å². The van der Waals surface area contributed by atoms with Gasteiger partial charge in [-0.05, 0) is 38.0 Å². The van der Waals surface area contributed by atoms with Crippen molar-refractivity contribution in [3.05, 3.63) is 41.1 Å². The molecule has 0 aliphatic rings. The van der Waals surface area contributed by atoms with Gasteiger partial charge in [0.05, 0.1) is 6.61 Å². The van der Waals surface area contributed by atoms with Gasteiger partial charge in [-0.2, -0.15) is 5.10 Å². The number of aromatic nitrogens is 2. The summed E-state index contributed by atoms with van der Waals surface area (Å²) in [6, 6.07) is 6.10. The van der Waals surface area contributed by atoms with Crippen LogP contribution in [-0.4, -0.2) is 16.4 Å². The van der Waals surface area contributed by atoms with Crippen molar-refractivity contribution in [1.29, 1.82) is 0 Å². The zero-order valence-corrected chi connectivity index (χ0v) is 11.8. The summed E-state index contributed by atoms with van der Waals surface area (Å²) in [5.74, 6) is 1.57. The second-order valence-corrected chi connectivity index (χ2v) is 4.93. The van der Waals surface area contributed by atoms with Crippen molar-refractivity contribution in [3.8, 4) is 5.75 Å². The highest BCUT2D eigenvalue weighted by Crippen LogP contribution is 2.24. The minimum absolute atomic E-state index is 0.561. The molecule has 19 heavy (non-hydrogen) atoms. The molecule has 0 spiro atoms. The zero-order chi connectivity index (χ0) is 13.8. The first-order chi connectivity index (χ1) is 9.06. The molecule has 0 atom stereocenters. The Balaban J connectivity index is 1.86. The first-order valence-corrected chi connectivity index (χ1v) is 6.56. The van der Waals surface area contributed by atoms with Crippen LogP contribution in [0.25, 0.3) is 0 Å². The summed E-state index contributed by atoms with van der Waals surface area (Å²) >= 11 is 0. The first kappa shape index (κ1) is 13.5. The van der Waals surface area contributed by atoms with Gasteiger partial charge in [0.25, 0.3) is 0 Å². The van der Waals surface area contributed by atoms with Gasteiger partial charge in [0.15, 0.2) is 0 Å². The second kappa shape index (κ2) is 5.78. The van der Waals surface area contributed by atoms with E-state index >= 15 is 0 Å². The number of aryl methyl sites for hydroxylation is 4. The normalized spacial score (nSPS) is 10.7. The molecule has 0 saturated heterocycles. The molecule has 0 aliphatic carbocycles. The van der Waals surface area contributed by atoms with Crippen molar-refractivity contribution in [2.75, 3.05) is 12.3 Å². The van der Waals surface area contributed by atoms with Crippen molar-refractivity contribution in [3.63, 3.8) is 0 Å². The van der Waals surface area contributed by atoms with E-state index in [4.69, 9.17) is 10.5 Å². The number of nitrogens with zero attached hydrogens (tertiary/aromatic N) is 2. The van der Waals surface area contributed by atoms with Crippen LogP contribution in [0.4, 0.5) is 5.82 Å². The summed E-state index contributed by atoms with van der Waals surface area (Å²) in [4.78, 5) is 0. The van der Waals surface area contributed by atoms with E-state index in [1.165, 1.54) is 16.7 Å². The van der Waals surface area contributed by atoms with Crippen molar-refractivity contribution in [1.82, 2.24) is 9.78 Å². The Morgan fingerprint density at radius 3 is 2.47 bits per heavy atom. The molecule has 0 amide bonds. The van der Waals surface area contributed by atoms with Crippen molar-refractivity contribution in [2.45, 2.75) is 33.7 Å². The predicted molar refractivity (Wildman–Crippen MR) is 77.4 cm³/mol. The molecule has 1 aromatic heterocycles. The molecule has 0 aliphatic heterocycles. The fourth-order valence-electron chi connectivity index (χ4n) is 2.30. The number of ether oxygens (including phenoxy) is 1. The van der Waals surface area contributed by atoms with E-state index in [9.17, 15) is 0 Å². The molecule has 2 aromatic rings. The number of nitrogen functional groups attached to an aromatic ring is 1. The fraction of sp³-hybridized carbons (Fsp3) is 0.400. The number of anilines is 1. The fourth-order valence-corrected chi connectivity index (χ4v) is 2.30. The summed E-state index contributed by atoms with van der Waals surface area (Å²) in [5, 5.41) is 4.14. The van der Waals surface area contributed by atoms with Crippen LogP contribution in [0.15, 0.2) is 24.4 Å². The smallest absolute Gasteiger partial charge is 0.145 e. The minimum Gasteiger partial charge on any atom is -0.493 e. The van der Waals surface area contributed by atoms with E-state index in [0.717, 1.165) is 18.7 Å². The van der Waals surface area contributed by atoms with Crippen LogP contribution in [-0.2, 0) is 6.54 Å². The monoisotopic (exact) mass is 259 g/mol. The molecule has 0 fully saturated rings. The minimum atomic E-state index is 0.561. The molecule has 4 nitrogen and oxygen atoms in total. The van der Waals surface area contributed by atoms with Gasteiger partial charge in [0.1, 0.15) is 11.6 Å². The Morgan fingerprint density at radius 2 is 1.89 bits per heavy atom. The van der Waals surface area contributed by atoms with Gasteiger partial charge in [-0.3, -0.25) is 4.68 Å². The highest BCUT2D eigenvalue weighted by atomic mass is 16.5. The maximum Gasteiger partial charge on any atom is 0.145 e. The Kier molecular flexibility index (Phi) is 4.10.